The van der Waals surface area contributed by atoms with E-state index >= 15 is 0 Å². The van der Waals surface area contributed by atoms with Gasteiger partial charge in [-0.25, -0.2) is 0 Å². The molecule has 0 aliphatic carbocycles. The first-order chi connectivity index (χ1) is 13.6. The average molecular weight is 364 g/mol. The van der Waals surface area contributed by atoms with Gasteiger partial charge in [-0.05, 0) is 48.7 Å². The van der Waals surface area contributed by atoms with Crippen LogP contribution in [0, 0.1) is 29.6 Å². The third-order valence-corrected chi connectivity index (χ3v) is 5.50. The van der Waals surface area contributed by atoms with Crippen molar-refractivity contribution in [2.24, 2.45) is 0 Å². The number of anilines is 3. The summed E-state index contributed by atoms with van der Waals surface area (Å²) >= 11 is 0. The fourth-order valence-electron chi connectivity index (χ4n) is 3.91. The first-order valence-electron chi connectivity index (χ1n) is 9.22. The summed E-state index contributed by atoms with van der Waals surface area (Å²) in [6.07, 6.45) is -0.0127. The van der Waals surface area contributed by atoms with Gasteiger partial charge in [0.1, 0.15) is 18.3 Å². The van der Waals surface area contributed by atoms with E-state index in [0.29, 0.717) is 11.1 Å². The summed E-state index contributed by atoms with van der Waals surface area (Å²) in [4.78, 5) is 4.25. The maximum atomic E-state index is 9.73. The van der Waals surface area contributed by atoms with Crippen LogP contribution in [-0.4, -0.2) is 13.2 Å². The molecular formula is C24H20N4. The third kappa shape index (κ3) is 2.59. The Hall–Kier alpha value is -3.76. The van der Waals surface area contributed by atoms with Crippen molar-refractivity contribution in [2.75, 3.05) is 16.8 Å². The van der Waals surface area contributed by atoms with E-state index in [9.17, 15) is 10.5 Å². The van der Waals surface area contributed by atoms with Crippen molar-refractivity contribution in [3.8, 4) is 23.3 Å². The van der Waals surface area contributed by atoms with E-state index in [1.807, 2.05) is 25.2 Å². The zero-order chi connectivity index (χ0) is 19.8. The van der Waals surface area contributed by atoms with Crippen molar-refractivity contribution in [1.82, 2.24) is 0 Å². The highest BCUT2D eigenvalue weighted by atomic mass is 15.4. The molecule has 3 aromatic rings. The molecule has 0 saturated carbocycles. The Balaban J connectivity index is 1.95. The van der Waals surface area contributed by atoms with Gasteiger partial charge in [-0.3, -0.25) is 0 Å². The number of benzene rings is 3. The summed E-state index contributed by atoms with van der Waals surface area (Å²) in [5.74, 6) is 0. The molecule has 136 valence electrons. The van der Waals surface area contributed by atoms with Crippen molar-refractivity contribution in [1.29, 1.82) is 10.5 Å². The Morgan fingerprint density at radius 3 is 2.11 bits per heavy atom. The van der Waals surface area contributed by atoms with E-state index in [1.165, 1.54) is 0 Å². The summed E-state index contributed by atoms with van der Waals surface area (Å²) in [5, 5.41) is 19.3. The van der Waals surface area contributed by atoms with Gasteiger partial charge in [0.15, 0.2) is 0 Å². The number of aryl methyl sites for hydroxylation is 1. The first-order valence-corrected chi connectivity index (χ1v) is 9.22. The van der Waals surface area contributed by atoms with Gasteiger partial charge in [0.25, 0.3) is 0 Å². The van der Waals surface area contributed by atoms with Crippen LogP contribution in [0.3, 0.4) is 0 Å². The van der Waals surface area contributed by atoms with Gasteiger partial charge < -0.3 is 9.80 Å². The average Bonchev–Trinajstić information content (AvgIpc) is 3.00. The molecule has 0 amide bonds. The van der Waals surface area contributed by atoms with Crippen LogP contribution in [-0.2, 0) is 0 Å². The fraction of sp³-hybridized carbons (Fsp3) is 0.167. The van der Waals surface area contributed by atoms with E-state index in [2.05, 4.69) is 66.1 Å². The van der Waals surface area contributed by atoms with E-state index < -0.39 is 0 Å². The van der Waals surface area contributed by atoms with Gasteiger partial charge in [-0.1, -0.05) is 42.5 Å². The predicted molar refractivity (Wildman–Crippen MR) is 112 cm³/mol. The Labute approximate surface area is 165 Å². The molecule has 1 atom stereocenters. The number of hydrogen-bond donors (Lipinski definition) is 0. The second kappa shape index (κ2) is 6.76. The molecule has 0 spiro atoms. The maximum Gasteiger partial charge on any atom is 0.103 e. The summed E-state index contributed by atoms with van der Waals surface area (Å²) in [7, 11) is 1.97. The molecule has 0 N–H and O–H groups in total. The van der Waals surface area contributed by atoms with E-state index in [1.54, 1.807) is 12.1 Å². The van der Waals surface area contributed by atoms with Crippen LogP contribution in [0.5, 0.6) is 0 Å². The van der Waals surface area contributed by atoms with Crippen LogP contribution < -0.4 is 9.80 Å². The zero-order valence-corrected chi connectivity index (χ0v) is 16.1. The Morgan fingerprint density at radius 1 is 0.821 bits per heavy atom. The molecule has 28 heavy (non-hydrogen) atoms. The lowest BCUT2D eigenvalue weighted by atomic mass is 10.0. The van der Waals surface area contributed by atoms with Crippen molar-refractivity contribution in [3.63, 3.8) is 0 Å². The number of nitriles is 2. The van der Waals surface area contributed by atoms with Crippen LogP contribution >= 0.6 is 0 Å². The van der Waals surface area contributed by atoms with Crippen molar-refractivity contribution < 1.29 is 0 Å². The molecule has 1 heterocycles. The standard InChI is InChI=1S/C24H20N4/c1-16-9-10-19(18-7-5-4-6-8-18)13-22(16)28-17(2)27(3)23-20(14-25)11-12-21(15-26)24(23)28/h4-13,17H,1-3H3/t17-/m0/s1. The summed E-state index contributed by atoms with van der Waals surface area (Å²) in [5.41, 5.74) is 7.24. The molecule has 0 bridgehead atoms. The third-order valence-electron chi connectivity index (χ3n) is 5.50. The summed E-state index contributed by atoms with van der Waals surface area (Å²) in [6, 6.07) is 24.7. The lowest BCUT2D eigenvalue weighted by Gasteiger charge is -2.29. The fourth-order valence-corrected chi connectivity index (χ4v) is 3.91. The molecule has 4 rings (SSSR count). The van der Waals surface area contributed by atoms with Crippen molar-refractivity contribution in [2.45, 2.75) is 20.0 Å². The van der Waals surface area contributed by atoms with Gasteiger partial charge in [-0.2, -0.15) is 10.5 Å². The summed E-state index contributed by atoms with van der Waals surface area (Å²) < 4.78 is 0. The monoisotopic (exact) mass is 364 g/mol. The minimum Gasteiger partial charge on any atom is -0.351 e. The van der Waals surface area contributed by atoms with Crippen LogP contribution in [0.1, 0.15) is 23.6 Å². The molecule has 0 unspecified atom stereocenters. The Kier molecular flexibility index (Phi) is 4.26. The van der Waals surface area contributed by atoms with E-state index in [0.717, 1.165) is 33.8 Å². The molecule has 0 saturated heterocycles. The second-order valence-electron chi connectivity index (χ2n) is 7.06. The largest absolute Gasteiger partial charge is 0.351 e. The smallest absolute Gasteiger partial charge is 0.103 e. The summed E-state index contributed by atoms with van der Waals surface area (Å²) in [6.45, 7) is 4.17. The maximum absolute atomic E-state index is 9.73. The van der Waals surface area contributed by atoms with Gasteiger partial charge >= 0.3 is 0 Å². The lowest BCUT2D eigenvalue weighted by Crippen LogP contribution is -2.36. The second-order valence-corrected chi connectivity index (χ2v) is 7.06. The Morgan fingerprint density at radius 2 is 1.46 bits per heavy atom. The minimum atomic E-state index is -0.0127. The number of hydrogen-bond acceptors (Lipinski definition) is 4. The van der Waals surface area contributed by atoms with Crippen LogP contribution in [0.4, 0.5) is 17.1 Å². The number of rotatable bonds is 2. The highest BCUT2D eigenvalue weighted by Crippen LogP contribution is 2.48. The molecule has 4 nitrogen and oxygen atoms in total. The SMILES string of the molecule is Cc1ccc(-c2ccccc2)cc1N1c2c(C#N)ccc(C#N)c2N(C)[C@@H]1C. The number of nitrogens with zero attached hydrogens (tertiary/aromatic N) is 4. The molecular weight excluding hydrogens is 344 g/mol. The van der Waals surface area contributed by atoms with E-state index in [4.69, 9.17) is 0 Å². The van der Waals surface area contributed by atoms with Gasteiger partial charge in [0, 0.05) is 12.7 Å². The normalized spacial score (nSPS) is 15.1. The zero-order valence-electron chi connectivity index (χ0n) is 16.1. The molecule has 0 fully saturated rings. The number of fused-ring (bicyclic) bond motifs is 1. The van der Waals surface area contributed by atoms with Gasteiger partial charge in [0.2, 0.25) is 0 Å². The predicted octanol–water partition coefficient (Wildman–Crippen LogP) is 5.34. The molecule has 0 aromatic heterocycles. The highest BCUT2D eigenvalue weighted by Gasteiger charge is 2.36. The molecule has 3 aromatic carbocycles. The van der Waals surface area contributed by atoms with Crippen LogP contribution in [0.15, 0.2) is 60.7 Å². The highest BCUT2D eigenvalue weighted by molar-refractivity contribution is 5.92. The quantitative estimate of drug-likeness (QED) is 0.616. The van der Waals surface area contributed by atoms with Crippen LogP contribution in [0.2, 0.25) is 0 Å². The first kappa shape index (κ1) is 17.6. The topological polar surface area (TPSA) is 54.1 Å². The molecule has 1 aliphatic rings. The van der Waals surface area contributed by atoms with Crippen LogP contribution in [0.25, 0.3) is 11.1 Å². The van der Waals surface area contributed by atoms with Gasteiger partial charge in [0.05, 0.1) is 22.5 Å². The molecule has 1 aliphatic heterocycles. The van der Waals surface area contributed by atoms with E-state index in [-0.39, 0.29) is 6.17 Å². The molecule has 4 heteroatoms. The van der Waals surface area contributed by atoms with Crippen molar-refractivity contribution >= 4 is 17.1 Å². The van der Waals surface area contributed by atoms with Crippen molar-refractivity contribution in [3.05, 3.63) is 77.4 Å². The minimum absolute atomic E-state index is 0.0127. The molecule has 0 radical (unpaired) electrons. The Bertz CT molecular complexity index is 1140. The lowest BCUT2D eigenvalue weighted by molar-refractivity contribution is 0.732. The van der Waals surface area contributed by atoms with Gasteiger partial charge in [-0.15, -0.1) is 0 Å².